The van der Waals surface area contributed by atoms with Crippen molar-refractivity contribution in [3.05, 3.63) is 315 Å². The predicted molar refractivity (Wildman–Crippen MR) is 353 cm³/mol. The molecule has 4 aromatic heterocycles. The van der Waals surface area contributed by atoms with Gasteiger partial charge in [0.2, 0.25) is 0 Å². The molecule has 6 nitrogen and oxygen atoms in total. The van der Waals surface area contributed by atoms with Gasteiger partial charge in [-0.15, -0.1) is 0 Å². The molecule has 0 bridgehead atoms. The molecule has 17 aromatic rings. The van der Waals surface area contributed by atoms with Crippen LogP contribution in [0.15, 0.2) is 315 Å². The monoisotopic (exact) mass is 1070 g/mol. The van der Waals surface area contributed by atoms with Crippen molar-refractivity contribution in [3.8, 4) is 22.7 Å². The number of nitrogens with zero attached hydrogens (tertiary/aromatic N) is 6. The van der Waals surface area contributed by atoms with Gasteiger partial charge in [-0.1, -0.05) is 170 Å². The van der Waals surface area contributed by atoms with Gasteiger partial charge in [-0.3, -0.25) is 0 Å². The minimum absolute atomic E-state index is 1.03. The number of anilines is 6. The third kappa shape index (κ3) is 7.44. The molecule has 0 aliphatic heterocycles. The average molecular weight is 1070 g/mol. The lowest BCUT2D eigenvalue weighted by Gasteiger charge is -2.29. The quantitative estimate of drug-likeness (QED) is 0.136. The van der Waals surface area contributed by atoms with Crippen LogP contribution in [0.1, 0.15) is 0 Å². The maximum atomic E-state index is 2.43. The summed E-state index contributed by atoms with van der Waals surface area (Å²) in [5.74, 6) is 0. The van der Waals surface area contributed by atoms with Crippen LogP contribution in [0.3, 0.4) is 0 Å². The summed E-state index contributed by atoms with van der Waals surface area (Å²) in [4.78, 5) is 4.86. The average Bonchev–Trinajstić information content (AvgIpc) is 2.25. The van der Waals surface area contributed by atoms with Crippen molar-refractivity contribution in [2.75, 3.05) is 9.80 Å². The smallest absolute Gasteiger partial charge is 0.0561 e. The van der Waals surface area contributed by atoms with Gasteiger partial charge in [0, 0.05) is 100.0 Å². The molecule has 84 heavy (non-hydrogen) atoms. The topological polar surface area (TPSA) is 26.2 Å². The van der Waals surface area contributed by atoms with E-state index in [4.69, 9.17) is 0 Å². The van der Waals surface area contributed by atoms with Gasteiger partial charge in [-0.25, -0.2) is 0 Å². The minimum Gasteiger partial charge on any atom is -0.310 e. The lowest BCUT2D eigenvalue weighted by molar-refractivity contribution is 1.17. The highest BCUT2D eigenvalue weighted by molar-refractivity contribution is 6.14. The lowest BCUT2D eigenvalue weighted by atomic mass is 10.1. The maximum Gasteiger partial charge on any atom is 0.0561 e. The third-order valence-corrected chi connectivity index (χ3v) is 17.1. The fourth-order valence-corrected chi connectivity index (χ4v) is 13.5. The number of aromatic nitrogens is 4. The summed E-state index contributed by atoms with van der Waals surface area (Å²) in [5, 5.41) is 9.70. The molecule has 6 heteroatoms. The van der Waals surface area contributed by atoms with Gasteiger partial charge in [0.1, 0.15) is 0 Å². The van der Waals surface area contributed by atoms with Crippen molar-refractivity contribution in [1.29, 1.82) is 0 Å². The van der Waals surface area contributed by atoms with Crippen molar-refractivity contribution in [1.82, 2.24) is 18.3 Å². The summed E-state index contributed by atoms with van der Waals surface area (Å²) >= 11 is 0. The Morgan fingerprint density at radius 3 is 0.583 bits per heavy atom. The molecule has 13 aromatic carbocycles. The molecular weight excluding hydrogens is 1020 g/mol. The van der Waals surface area contributed by atoms with E-state index in [1.807, 2.05) is 0 Å². The molecule has 0 amide bonds. The molecule has 0 saturated carbocycles. The molecule has 17 rings (SSSR count). The maximum absolute atomic E-state index is 2.43. The minimum atomic E-state index is 1.03. The van der Waals surface area contributed by atoms with E-state index in [0.717, 1.165) is 78.9 Å². The van der Waals surface area contributed by atoms with Gasteiger partial charge in [0.05, 0.1) is 44.1 Å². The molecule has 0 aliphatic carbocycles. The third-order valence-electron chi connectivity index (χ3n) is 17.1. The highest BCUT2D eigenvalue weighted by Crippen LogP contribution is 2.46. The second-order valence-electron chi connectivity index (χ2n) is 21.7. The second-order valence-corrected chi connectivity index (χ2v) is 21.7. The Morgan fingerprint density at radius 2 is 0.345 bits per heavy atom. The molecule has 0 aliphatic rings. The normalized spacial score (nSPS) is 11.8. The molecule has 0 unspecified atom stereocenters. The molecule has 0 radical (unpaired) electrons. The van der Waals surface area contributed by atoms with Crippen molar-refractivity contribution in [2.24, 2.45) is 0 Å². The summed E-state index contributed by atoms with van der Waals surface area (Å²) in [6.07, 6.45) is 0. The van der Waals surface area contributed by atoms with Crippen molar-refractivity contribution in [2.45, 2.75) is 0 Å². The molecule has 0 atom stereocenters. The van der Waals surface area contributed by atoms with Crippen LogP contribution < -0.4 is 9.80 Å². The fourth-order valence-electron chi connectivity index (χ4n) is 13.5. The van der Waals surface area contributed by atoms with Crippen LogP contribution in [0, 0.1) is 0 Å². The van der Waals surface area contributed by atoms with Crippen molar-refractivity contribution in [3.63, 3.8) is 0 Å². The predicted octanol–water partition coefficient (Wildman–Crippen LogP) is 21.0. The van der Waals surface area contributed by atoms with Crippen LogP contribution in [-0.4, -0.2) is 18.3 Å². The Bertz CT molecular complexity index is 4710. The van der Waals surface area contributed by atoms with Gasteiger partial charge in [0.25, 0.3) is 0 Å². The van der Waals surface area contributed by atoms with E-state index in [1.54, 1.807) is 0 Å². The Morgan fingerprint density at radius 1 is 0.155 bits per heavy atom. The first kappa shape index (κ1) is 47.5. The van der Waals surface area contributed by atoms with E-state index in [9.17, 15) is 0 Å². The summed E-state index contributed by atoms with van der Waals surface area (Å²) in [6.45, 7) is 0. The Hall–Kier alpha value is -11.3. The zero-order valence-electron chi connectivity index (χ0n) is 45.7. The van der Waals surface area contributed by atoms with Gasteiger partial charge in [-0.05, 0) is 146 Å². The summed E-state index contributed by atoms with van der Waals surface area (Å²) in [6, 6.07) is 115. The first-order valence-corrected chi connectivity index (χ1v) is 28.8. The van der Waals surface area contributed by atoms with E-state index in [-0.39, 0.29) is 0 Å². The van der Waals surface area contributed by atoms with Crippen LogP contribution in [0.4, 0.5) is 34.1 Å². The standard InChI is InChI=1S/C78H52N6/c1-5-21-53(22-6-1)81-71-33-17-13-29-63(71)67-45-41-59(49-75(67)81)79(60-42-46-68-64-30-14-18-34-72(64)82(76(68)50-60)54-23-7-2-8-24-54)57-37-39-58(40-38-57)80(61-43-47-69-65-31-15-19-35-73(65)83(77(69)51-61)55-25-9-3-10-26-55)62-44-48-70-66-32-16-20-36-74(66)84(78(70)52-62)56-27-11-4-12-28-56/h1-52H. The molecule has 394 valence electrons. The van der Waals surface area contributed by atoms with Gasteiger partial charge in [-0.2, -0.15) is 0 Å². The summed E-state index contributed by atoms with van der Waals surface area (Å²) < 4.78 is 9.63. The van der Waals surface area contributed by atoms with Gasteiger partial charge < -0.3 is 28.1 Å². The molecule has 0 spiro atoms. The first-order chi connectivity index (χ1) is 41.7. The van der Waals surface area contributed by atoms with E-state index in [1.165, 1.54) is 65.2 Å². The van der Waals surface area contributed by atoms with Crippen LogP contribution in [0.5, 0.6) is 0 Å². The lowest BCUT2D eigenvalue weighted by Crippen LogP contribution is -2.12. The van der Waals surface area contributed by atoms with E-state index < -0.39 is 0 Å². The van der Waals surface area contributed by atoms with Crippen LogP contribution >= 0.6 is 0 Å². The van der Waals surface area contributed by atoms with Crippen LogP contribution in [0.25, 0.3) is 110 Å². The summed E-state index contributed by atoms with van der Waals surface area (Å²) in [7, 11) is 0. The molecule has 0 saturated heterocycles. The number of hydrogen-bond acceptors (Lipinski definition) is 2. The number of rotatable bonds is 10. The fraction of sp³-hybridized carbons (Fsp3) is 0. The number of benzene rings is 13. The van der Waals surface area contributed by atoms with Crippen LogP contribution in [0.2, 0.25) is 0 Å². The molecule has 0 fully saturated rings. The number of para-hydroxylation sites is 8. The Kier molecular flexibility index (Phi) is 10.8. The zero-order valence-corrected chi connectivity index (χ0v) is 45.7. The van der Waals surface area contributed by atoms with E-state index in [2.05, 4.69) is 344 Å². The zero-order chi connectivity index (χ0) is 55.2. The van der Waals surface area contributed by atoms with E-state index in [0.29, 0.717) is 0 Å². The number of hydrogen-bond donors (Lipinski definition) is 0. The SMILES string of the molecule is c1ccc(-n2c3ccccc3c3ccc(N(c4ccc(N(c5ccc6c7ccccc7n(-c7ccccc7)c6c5)c5ccc6c7ccccc7n(-c7ccccc7)c6c5)cc4)c4ccc5c6ccccc6n(-c6ccccc6)c5c4)cc32)cc1. The largest absolute Gasteiger partial charge is 0.310 e. The van der Waals surface area contributed by atoms with Gasteiger partial charge in [0.15, 0.2) is 0 Å². The molecule has 0 N–H and O–H groups in total. The Labute approximate surface area is 485 Å². The molecular formula is C78H52N6. The highest BCUT2D eigenvalue weighted by Gasteiger charge is 2.24. The molecule has 4 heterocycles. The number of fused-ring (bicyclic) bond motifs is 12. The summed E-state index contributed by atoms with van der Waals surface area (Å²) in [5.41, 5.74) is 20.0. The van der Waals surface area contributed by atoms with Gasteiger partial charge >= 0.3 is 0 Å². The van der Waals surface area contributed by atoms with Crippen molar-refractivity contribution >= 4 is 121 Å². The highest BCUT2D eigenvalue weighted by atomic mass is 15.2. The van der Waals surface area contributed by atoms with E-state index >= 15 is 0 Å². The second kappa shape index (κ2) is 19.2. The van der Waals surface area contributed by atoms with Crippen LogP contribution in [-0.2, 0) is 0 Å². The first-order valence-electron chi connectivity index (χ1n) is 28.8. The van der Waals surface area contributed by atoms with Crippen molar-refractivity contribution < 1.29 is 0 Å². The Balaban J connectivity index is 0.895.